The van der Waals surface area contributed by atoms with E-state index >= 15 is 0 Å². The summed E-state index contributed by atoms with van der Waals surface area (Å²) in [6.45, 7) is 9.18. The van der Waals surface area contributed by atoms with Gasteiger partial charge in [0.1, 0.15) is 22.6 Å². The summed E-state index contributed by atoms with van der Waals surface area (Å²) in [6.07, 6.45) is 52.3. The zero-order chi connectivity index (χ0) is 55.1. The number of hydrogen-bond acceptors (Lipinski definition) is 8. The minimum absolute atomic E-state index is 0.612. The standard InChI is InChI=1S/C70H96N10/c1-5-9-13-17-21-25-29-33-37-51-41-43-53(39-35-31-27-23-19-15-11-7-3)61-59(51)67-75-63-55-45-47-71-49-57(55)66(73-63)78-70-62-54(40-36-32-28-24-20-16-12-8-4)44-42-52(38-34-30-26-22-18-14-10-6-2)60(62)68(80-70)76-64-56-46-48-72-50-58(56)65(74-64)77-69(61)79-67/h41-50H,5-40H2,1-4H3,(H2,73,74,75,76,77,78,79,80). The molecule has 10 heteroatoms. The first-order valence-electron chi connectivity index (χ1n) is 32.6. The fourth-order valence-electron chi connectivity index (χ4n) is 12.6. The van der Waals surface area contributed by atoms with E-state index in [1.54, 1.807) is 0 Å². The number of aromatic amines is 2. The van der Waals surface area contributed by atoms with Crippen LogP contribution in [0.4, 0.5) is 0 Å². The maximum Gasteiger partial charge on any atom is 0.166 e. The lowest BCUT2D eigenvalue weighted by molar-refractivity contribution is 0.575. The summed E-state index contributed by atoms with van der Waals surface area (Å²) >= 11 is 0. The highest BCUT2D eigenvalue weighted by Crippen LogP contribution is 2.40. The lowest BCUT2D eigenvalue weighted by atomic mass is 9.95. The van der Waals surface area contributed by atoms with Gasteiger partial charge in [-0.1, -0.05) is 232 Å². The van der Waals surface area contributed by atoms with Gasteiger partial charge in [-0.15, -0.1) is 0 Å². The fraction of sp³-hybridized carbons (Fsp3) is 0.571. The van der Waals surface area contributed by atoms with E-state index < -0.39 is 0 Å². The van der Waals surface area contributed by atoms with E-state index in [0.29, 0.717) is 23.3 Å². The number of nitrogens with zero attached hydrogens (tertiary/aromatic N) is 8. The predicted octanol–water partition coefficient (Wildman–Crippen LogP) is 20.4. The van der Waals surface area contributed by atoms with Gasteiger partial charge in [0.05, 0.1) is 0 Å². The molecule has 10 nitrogen and oxygen atoms in total. The summed E-state index contributed by atoms with van der Waals surface area (Å²) in [5, 5.41) is 4.57. The molecule has 0 unspecified atom stereocenters. The quantitative estimate of drug-likeness (QED) is 0.0371. The van der Waals surface area contributed by atoms with Crippen molar-refractivity contribution in [2.45, 2.75) is 259 Å². The van der Waals surface area contributed by atoms with Crippen molar-refractivity contribution in [3.8, 4) is 45.6 Å². The number of hydrogen-bond donors (Lipinski definition) is 2. The molecule has 2 aliphatic rings. The summed E-state index contributed by atoms with van der Waals surface area (Å²) in [5.74, 6) is 2.49. The minimum Gasteiger partial charge on any atom is -0.324 e. The first-order valence-corrected chi connectivity index (χ1v) is 32.6. The van der Waals surface area contributed by atoms with E-state index in [2.05, 4.69) is 84.0 Å². The molecule has 0 saturated carbocycles. The van der Waals surface area contributed by atoms with Crippen LogP contribution in [0.5, 0.6) is 0 Å². The molecule has 8 bridgehead atoms. The molecule has 5 aromatic heterocycles. The summed E-state index contributed by atoms with van der Waals surface area (Å²) in [4.78, 5) is 50.2. The maximum atomic E-state index is 5.59. The molecule has 0 aliphatic carbocycles. The van der Waals surface area contributed by atoms with Gasteiger partial charge in [-0.2, -0.15) is 0 Å². The second-order valence-electron chi connectivity index (χ2n) is 23.6. The third kappa shape index (κ3) is 15.3. The molecule has 80 heavy (non-hydrogen) atoms. The number of fused-ring (bicyclic) bond motifs is 20. The highest BCUT2D eigenvalue weighted by atomic mass is 15.1. The molecule has 7 heterocycles. The SMILES string of the molecule is CCCCCCCCCCc1ccc(CCCCCCCCCC)c2c3nc4nc(nc5[nH]c(nc6nc(nc([nH]3)c12)-c1ccncc1-6)c1c(CCCCCCCCCC)ccc(CCCCCCCCCC)c51)-c1ccncc1-4. The van der Waals surface area contributed by atoms with Gasteiger partial charge in [-0.05, 0) is 85.8 Å². The fourth-order valence-corrected chi connectivity index (χ4v) is 12.6. The summed E-state index contributed by atoms with van der Waals surface area (Å²) in [6, 6.07) is 13.7. The normalized spacial score (nSPS) is 12.1. The number of H-pyrrole nitrogens is 2. The van der Waals surface area contributed by atoms with Crippen molar-refractivity contribution in [3.63, 3.8) is 0 Å². The Balaban J connectivity index is 1.21. The van der Waals surface area contributed by atoms with Crippen LogP contribution in [0.25, 0.3) is 89.7 Å². The molecule has 0 amide bonds. The Morgan fingerprint density at radius 2 is 0.500 bits per heavy atom. The second-order valence-corrected chi connectivity index (χ2v) is 23.6. The first kappa shape index (κ1) is 58.7. The number of benzene rings is 2. The van der Waals surface area contributed by atoms with Crippen LogP contribution in [0, 0.1) is 0 Å². The van der Waals surface area contributed by atoms with E-state index in [-0.39, 0.29) is 0 Å². The molecule has 0 atom stereocenters. The van der Waals surface area contributed by atoms with Gasteiger partial charge in [0.15, 0.2) is 23.3 Å². The largest absolute Gasteiger partial charge is 0.324 e. The molecule has 7 aromatic rings. The summed E-state index contributed by atoms with van der Waals surface area (Å²) in [5.41, 5.74) is 12.0. The van der Waals surface area contributed by atoms with Crippen LogP contribution in [0.1, 0.15) is 255 Å². The Bertz CT molecular complexity index is 2800. The maximum absolute atomic E-state index is 5.59. The van der Waals surface area contributed by atoms with E-state index in [0.717, 1.165) is 118 Å². The molecule has 426 valence electrons. The zero-order valence-corrected chi connectivity index (χ0v) is 49.8. The Kier molecular flexibility index (Phi) is 23.0. The molecular weight excluding hydrogens is 981 g/mol. The van der Waals surface area contributed by atoms with Gasteiger partial charge in [0.25, 0.3) is 0 Å². The monoisotopic (exact) mass is 1080 g/mol. The van der Waals surface area contributed by atoms with E-state index in [1.807, 2.05) is 24.8 Å². The van der Waals surface area contributed by atoms with Gasteiger partial charge in [0.2, 0.25) is 0 Å². The van der Waals surface area contributed by atoms with Crippen molar-refractivity contribution >= 4 is 44.1 Å². The van der Waals surface area contributed by atoms with Crippen LogP contribution in [0.2, 0.25) is 0 Å². The van der Waals surface area contributed by atoms with Crippen molar-refractivity contribution in [2.24, 2.45) is 0 Å². The van der Waals surface area contributed by atoms with Crippen LogP contribution in [-0.2, 0) is 25.7 Å². The molecule has 0 spiro atoms. The van der Waals surface area contributed by atoms with Gasteiger partial charge >= 0.3 is 0 Å². The van der Waals surface area contributed by atoms with Crippen molar-refractivity contribution in [1.82, 2.24) is 49.8 Å². The van der Waals surface area contributed by atoms with Crippen LogP contribution in [0.15, 0.2) is 61.2 Å². The highest BCUT2D eigenvalue weighted by Gasteiger charge is 2.25. The number of unbranched alkanes of at least 4 members (excludes halogenated alkanes) is 28. The van der Waals surface area contributed by atoms with Crippen molar-refractivity contribution in [3.05, 3.63) is 83.4 Å². The van der Waals surface area contributed by atoms with E-state index in [1.165, 1.54) is 202 Å². The number of aromatic nitrogens is 10. The molecule has 2 aromatic carbocycles. The molecule has 0 fully saturated rings. The van der Waals surface area contributed by atoms with E-state index in [9.17, 15) is 0 Å². The van der Waals surface area contributed by atoms with Gasteiger partial charge in [-0.3, -0.25) is 9.97 Å². The third-order valence-electron chi connectivity index (χ3n) is 17.3. The zero-order valence-electron chi connectivity index (χ0n) is 49.8. The van der Waals surface area contributed by atoms with Crippen LogP contribution in [-0.4, -0.2) is 49.8 Å². The first-order chi connectivity index (χ1) is 39.6. The Labute approximate surface area is 479 Å². The molecule has 0 saturated heterocycles. The van der Waals surface area contributed by atoms with Crippen LogP contribution < -0.4 is 0 Å². The average molecular weight is 1080 g/mol. The Morgan fingerprint density at radius 3 is 0.762 bits per heavy atom. The molecule has 9 rings (SSSR count). The Hall–Kier alpha value is -5.90. The Morgan fingerprint density at radius 1 is 0.263 bits per heavy atom. The smallest absolute Gasteiger partial charge is 0.166 e. The number of rotatable bonds is 36. The highest BCUT2D eigenvalue weighted by molar-refractivity contribution is 6.10. The van der Waals surface area contributed by atoms with Gasteiger partial charge < -0.3 is 9.97 Å². The number of pyridine rings is 2. The molecular formula is C70H96N10. The van der Waals surface area contributed by atoms with Gasteiger partial charge in [-0.25, -0.2) is 29.9 Å². The van der Waals surface area contributed by atoms with Crippen molar-refractivity contribution in [1.29, 1.82) is 0 Å². The third-order valence-corrected chi connectivity index (χ3v) is 17.3. The summed E-state index contributed by atoms with van der Waals surface area (Å²) < 4.78 is 0. The van der Waals surface area contributed by atoms with Crippen LogP contribution >= 0.6 is 0 Å². The molecule has 0 radical (unpaired) electrons. The lowest BCUT2D eigenvalue weighted by Gasteiger charge is -2.09. The second kappa shape index (κ2) is 31.3. The van der Waals surface area contributed by atoms with Crippen molar-refractivity contribution < 1.29 is 0 Å². The minimum atomic E-state index is 0.612. The predicted molar refractivity (Wildman–Crippen MR) is 337 cm³/mol. The molecule has 2 aliphatic heterocycles. The van der Waals surface area contributed by atoms with Crippen LogP contribution in [0.3, 0.4) is 0 Å². The lowest BCUT2D eigenvalue weighted by Crippen LogP contribution is -1.94. The summed E-state index contributed by atoms with van der Waals surface area (Å²) in [7, 11) is 0. The molecule has 2 N–H and O–H groups in total. The number of nitrogens with one attached hydrogen (secondary N) is 2. The van der Waals surface area contributed by atoms with Gasteiger partial charge in [0, 0.05) is 68.6 Å². The average Bonchev–Trinajstić information content (AvgIpc) is 4.30. The topological polar surface area (TPSA) is 135 Å². The number of aryl methyl sites for hydroxylation is 4. The van der Waals surface area contributed by atoms with Crippen molar-refractivity contribution in [2.75, 3.05) is 0 Å². The van der Waals surface area contributed by atoms with E-state index in [4.69, 9.17) is 29.9 Å².